The molecule has 0 aliphatic carbocycles. The van der Waals surface area contributed by atoms with E-state index in [1.807, 2.05) is 25.1 Å². The van der Waals surface area contributed by atoms with Crippen molar-refractivity contribution in [1.29, 1.82) is 0 Å². The van der Waals surface area contributed by atoms with Crippen molar-refractivity contribution in [3.63, 3.8) is 0 Å². The molecule has 104 valence electrons. The Labute approximate surface area is 121 Å². The molecule has 0 bridgehead atoms. The van der Waals surface area contributed by atoms with Crippen molar-refractivity contribution >= 4 is 23.2 Å². The van der Waals surface area contributed by atoms with Gasteiger partial charge in [0.1, 0.15) is 11.6 Å². The number of hydrogen-bond acceptors (Lipinski definition) is 2. The van der Waals surface area contributed by atoms with Gasteiger partial charge in [-0.05, 0) is 42.8 Å². The van der Waals surface area contributed by atoms with Gasteiger partial charge < -0.3 is 10.1 Å². The predicted octanol–water partition coefficient (Wildman–Crippen LogP) is 3.81. The fourth-order valence-electron chi connectivity index (χ4n) is 1.66. The van der Waals surface area contributed by atoms with Gasteiger partial charge in [-0.3, -0.25) is 4.79 Å². The summed E-state index contributed by atoms with van der Waals surface area (Å²) in [4.78, 5) is 11.7. The molecule has 0 heterocycles. The Morgan fingerprint density at radius 3 is 2.80 bits per heavy atom. The number of benzene rings is 2. The molecule has 0 saturated heterocycles. The lowest BCUT2D eigenvalue weighted by Crippen LogP contribution is -2.20. The van der Waals surface area contributed by atoms with Crippen LogP contribution in [0.2, 0.25) is 5.02 Å². The first-order valence-electron chi connectivity index (χ1n) is 5.99. The van der Waals surface area contributed by atoms with E-state index in [2.05, 4.69) is 5.32 Å². The Hall–Kier alpha value is -2.07. The van der Waals surface area contributed by atoms with E-state index in [0.717, 1.165) is 11.6 Å². The Kier molecular flexibility index (Phi) is 4.58. The first-order valence-corrected chi connectivity index (χ1v) is 6.37. The number of carbonyl (C=O) groups is 1. The number of amides is 1. The molecule has 0 aliphatic heterocycles. The summed E-state index contributed by atoms with van der Waals surface area (Å²) >= 11 is 5.80. The second-order valence-electron chi connectivity index (χ2n) is 4.28. The highest BCUT2D eigenvalue weighted by molar-refractivity contribution is 6.32. The van der Waals surface area contributed by atoms with E-state index in [4.69, 9.17) is 16.3 Å². The SMILES string of the molecule is Cc1cccc(NC(=O)COc2ccc(F)cc2Cl)c1. The van der Waals surface area contributed by atoms with Crippen LogP contribution in [0.15, 0.2) is 42.5 Å². The summed E-state index contributed by atoms with van der Waals surface area (Å²) in [5.74, 6) is -0.491. The summed E-state index contributed by atoms with van der Waals surface area (Å²) < 4.78 is 18.1. The van der Waals surface area contributed by atoms with E-state index >= 15 is 0 Å². The maximum Gasteiger partial charge on any atom is 0.262 e. The molecule has 3 nitrogen and oxygen atoms in total. The highest BCUT2D eigenvalue weighted by Gasteiger charge is 2.07. The molecule has 0 unspecified atom stereocenters. The van der Waals surface area contributed by atoms with Crippen molar-refractivity contribution < 1.29 is 13.9 Å². The number of rotatable bonds is 4. The predicted molar refractivity (Wildman–Crippen MR) is 76.7 cm³/mol. The summed E-state index contributed by atoms with van der Waals surface area (Å²) in [6, 6.07) is 11.2. The third-order valence-corrected chi connectivity index (χ3v) is 2.85. The summed E-state index contributed by atoms with van der Waals surface area (Å²) in [5.41, 5.74) is 1.74. The lowest BCUT2D eigenvalue weighted by Gasteiger charge is -2.09. The fourth-order valence-corrected chi connectivity index (χ4v) is 1.88. The molecule has 0 aliphatic rings. The standard InChI is InChI=1S/C15H13ClFNO2/c1-10-3-2-4-12(7-10)18-15(19)9-20-14-6-5-11(17)8-13(14)16/h2-8H,9H2,1H3,(H,18,19). The van der Waals surface area contributed by atoms with Crippen LogP contribution in [0.1, 0.15) is 5.56 Å². The lowest BCUT2D eigenvalue weighted by molar-refractivity contribution is -0.118. The first-order chi connectivity index (χ1) is 9.54. The normalized spacial score (nSPS) is 10.2. The van der Waals surface area contributed by atoms with Crippen LogP contribution in [0.5, 0.6) is 5.75 Å². The Morgan fingerprint density at radius 2 is 2.10 bits per heavy atom. The summed E-state index contributed by atoms with van der Waals surface area (Å²) in [6.07, 6.45) is 0. The van der Waals surface area contributed by atoms with Crippen molar-refractivity contribution in [1.82, 2.24) is 0 Å². The molecular formula is C15H13ClFNO2. The Balaban J connectivity index is 1.92. The zero-order chi connectivity index (χ0) is 14.5. The minimum atomic E-state index is -0.452. The average Bonchev–Trinajstić information content (AvgIpc) is 2.37. The van der Waals surface area contributed by atoms with Crippen LogP contribution < -0.4 is 10.1 Å². The van der Waals surface area contributed by atoms with Gasteiger partial charge in [-0.15, -0.1) is 0 Å². The van der Waals surface area contributed by atoms with Crippen molar-refractivity contribution in [3.8, 4) is 5.75 Å². The third-order valence-electron chi connectivity index (χ3n) is 2.55. The Bertz CT molecular complexity index is 631. The molecule has 0 radical (unpaired) electrons. The topological polar surface area (TPSA) is 38.3 Å². The third kappa shape index (κ3) is 3.96. The number of anilines is 1. The van der Waals surface area contributed by atoms with Gasteiger partial charge in [0, 0.05) is 5.69 Å². The molecule has 1 N–H and O–H groups in total. The minimum absolute atomic E-state index is 0.133. The van der Waals surface area contributed by atoms with Crippen LogP contribution in [-0.4, -0.2) is 12.5 Å². The van der Waals surface area contributed by atoms with Crippen LogP contribution in [-0.2, 0) is 4.79 Å². The molecule has 0 saturated carbocycles. The number of ether oxygens (including phenoxy) is 1. The molecule has 20 heavy (non-hydrogen) atoms. The first kappa shape index (κ1) is 14.3. The highest BCUT2D eigenvalue weighted by Crippen LogP contribution is 2.24. The van der Waals surface area contributed by atoms with E-state index < -0.39 is 5.82 Å². The minimum Gasteiger partial charge on any atom is -0.482 e. The van der Waals surface area contributed by atoms with Gasteiger partial charge >= 0.3 is 0 Å². The maximum absolute atomic E-state index is 12.9. The molecule has 0 atom stereocenters. The Morgan fingerprint density at radius 1 is 1.30 bits per heavy atom. The fraction of sp³-hybridized carbons (Fsp3) is 0.133. The molecule has 0 aromatic heterocycles. The number of hydrogen-bond donors (Lipinski definition) is 1. The van der Waals surface area contributed by atoms with Gasteiger partial charge in [-0.2, -0.15) is 0 Å². The summed E-state index contributed by atoms with van der Waals surface area (Å²) in [7, 11) is 0. The van der Waals surface area contributed by atoms with Gasteiger partial charge in [-0.25, -0.2) is 4.39 Å². The second-order valence-corrected chi connectivity index (χ2v) is 4.69. The van der Waals surface area contributed by atoms with Crippen LogP contribution in [0.3, 0.4) is 0 Å². The molecular weight excluding hydrogens is 281 g/mol. The highest BCUT2D eigenvalue weighted by atomic mass is 35.5. The van der Waals surface area contributed by atoms with Crippen LogP contribution in [0.25, 0.3) is 0 Å². The van der Waals surface area contributed by atoms with Gasteiger partial charge in [0.2, 0.25) is 0 Å². The van der Waals surface area contributed by atoms with E-state index in [1.54, 1.807) is 6.07 Å². The van der Waals surface area contributed by atoms with Crippen molar-refractivity contribution in [2.75, 3.05) is 11.9 Å². The van der Waals surface area contributed by atoms with Crippen LogP contribution in [0, 0.1) is 12.7 Å². The summed E-state index contributed by atoms with van der Waals surface area (Å²) in [5, 5.41) is 2.84. The average molecular weight is 294 g/mol. The largest absolute Gasteiger partial charge is 0.482 e. The number of nitrogens with one attached hydrogen (secondary N) is 1. The van der Waals surface area contributed by atoms with Gasteiger partial charge in [0.25, 0.3) is 5.91 Å². The molecule has 2 rings (SSSR count). The van der Waals surface area contributed by atoms with Gasteiger partial charge in [0.05, 0.1) is 5.02 Å². The van der Waals surface area contributed by atoms with Crippen molar-refractivity contribution in [2.24, 2.45) is 0 Å². The molecule has 0 spiro atoms. The lowest BCUT2D eigenvalue weighted by atomic mass is 10.2. The van der Waals surface area contributed by atoms with E-state index in [1.165, 1.54) is 12.1 Å². The zero-order valence-electron chi connectivity index (χ0n) is 10.8. The van der Waals surface area contributed by atoms with Gasteiger partial charge in [0.15, 0.2) is 6.61 Å². The smallest absolute Gasteiger partial charge is 0.262 e. The molecule has 2 aromatic carbocycles. The number of aryl methyl sites for hydroxylation is 1. The summed E-state index contributed by atoms with van der Waals surface area (Å²) in [6.45, 7) is 1.74. The molecule has 5 heteroatoms. The number of carbonyl (C=O) groups excluding carboxylic acids is 1. The van der Waals surface area contributed by atoms with Crippen molar-refractivity contribution in [3.05, 3.63) is 58.9 Å². The zero-order valence-corrected chi connectivity index (χ0v) is 11.6. The van der Waals surface area contributed by atoms with Crippen LogP contribution >= 0.6 is 11.6 Å². The second kappa shape index (κ2) is 6.39. The van der Waals surface area contributed by atoms with E-state index in [0.29, 0.717) is 5.69 Å². The quantitative estimate of drug-likeness (QED) is 0.931. The number of halogens is 2. The molecule has 2 aromatic rings. The van der Waals surface area contributed by atoms with E-state index in [-0.39, 0.29) is 23.3 Å². The maximum atomic E-state index is 12.9. The van der Waals surface area contributed by atoms with Gasteiger partial charge in [-0.1, -0.05) is 23.7 Å². The monoisotopic (exact) mass is 293 g/mol. The van der Waals surface area contributed by atoms with E-state index in [9.17, 15) is 9.18 Å². The van der Waals surface area contributed by atoms with Crippen molar-refractivity contribution in [2.45, 2.75) is 6.92 Å². The molecule has 1 amide bonds. The molecule has 0 fully saturated rings. The van der Waals surface area contributed by atoms with Crippen LogP contribution in [0.4, 0.5) is 10.1 Å².